The highest BCUT2D eigenvalue weighted by molar-refractivity contribution is 5.85. The summed E-state index contributed by atoms with van der Waals surface area (Å²) in [5.41, 5.74) is 15.3. The molecule has 2 aromatic heterocycles. The van der Waals surface area contributed by atoms with Crippen LogP contribution in [0.2, 0.25) is 0 Å². The van der Waals surface area contributed by atoms with Crippen molar-refractivity contribution in [2.75, 3.05) is 6.54 Å². The second kappa shape index (κ2) is 18.1. The highest BCUT2D eigenvalue weighted by Gasteiger charge is 2.66. The van der Waals surface area contributed by atoms with Gasteiger partial charge in [0.15, 0.2) is 17.7 Å². The van der Waals surface area contributed by atoms with Crippen LogP contribution in [0.4, 0.5) is 0 Å². The minimum atomic E-state index is -1.07. The summed E-state index contributed by atoms with van der Waals surface area (Å²) < 4.78 is 15.7. The van der Waals surface area contributed by atoms with E-state index in [9.17, 15) is 25.2 Å². The van der Waals surface area contributed by atoms with Crippen molar-refractivity contribution < 1.29 is 34.7 Å². The van der Waals surface area contributed by atoms with Gasteiger partial charge in [-0.15, -0.1) is 0 Å². The first-order valence-corrected chi connectivity index (χ1v) is 28.9. The maximum atomic E-state index is 13.8. The number of benzene rings is 2. The Morgan fingerprint density at radius 1 is 0.878 bits per heavy atom. The first-order valence-electron chi connectivity index (χ1n) is 28.9. The fraction of sp³-hybridized carbons (Fsp3) is 0.603. The topological polar surface area (TPSA) is 175 Å². The van der Waals surface area contributed by atoms with Gasteiger partial charge in [-0.2, -0.15) is 0 Å². The molecule has 10 aliphatic rings. The van der Waals surface area contributed by atoms with Crippen LogP contribution in [0.1, 0.15) is 199 Å². The summed E-state index contributed by atoms with van der Waals surface area (Å²) in [5.74, 6) is 12.4. The van der Waals surface area contributed by atoms with Crippen molar-refractivity contribution in [3.8, 4) is 41.1 Å². The highest BCUT2D eigenvalue weighted by Crippen LogP contribution is 2.75. The van der Waals surface area contributed by atoms with Crippen molar-refractivity contribution in [1.29, 1.82) is 0 Å². The third-order valence-corrected chi connectivity index (χ3v) is 21.8. The predicted octanol–water partition coefficient (Wildman–Crippen LogP) is 10.5. The summed E-state index contributed by atoms with van der Waals surface area (Å²) in [6.07, 6.45) is 29.4. The molecule has 0 radical (unpaired) electrons. The number of carbonyl (C=O) groups is 1. The van der Waals surface area contributed by atoms with Crippen LogP contribution >= 0.6 is 0 Å². The number of aromatic amines is 1. The minimum absolute atomic E-state index is 0.00691. The van der Waals surface area contributed by atoms with Gasteiger partial charge in [0.2, 0.25) is 0 Å². The highest BCUT2D eigenvalue weighted by atomic mass is 16.5. The van der Waals surface area contributed by atoms with Crippen molar-refractivity contribution in [2.45, 2.75) is 184 Å². The van der Waals surface area contributed by atoms with Gasteiger partial charge in [0.25, 0.3) is 0 Å². The zero-order valence-corrected chi connectivity index (χ0v) is 42.8. The Bertz CT molecular complexity index is 3050. The number of nitrogens with two attached hydrogens (primary N) is 1. The van der Waals surface area contributed by atoms with E-state index in [2.05, 4.69) is 75.5 Å². The van der Waals surface area contributed by atoms with Crippen molar-refractivity contribution >= 4 is 16.7 Å². The number of ketones is 1. The quantitative estimate of drug-likeness (QED) is 0.0732. The number of nitrogens with one attached hydrogen (secondary N) is 2. The van der Waals surface area contributed by atoms with E-state index in [4.69, 9.17) is 15.2 Å². The lowest BCUT2D eigenvalue weighted by Crippen LogP contribution is -2.56. The first-order chi connectivity index (χ1) is 36.0. The van der Waals surface area contributed by atoms with E-state index in [0.717, 1.165) is 79.4 Å². The molecule has 5 fully saturated rings. The van der Waals surface area contributed by atoms with Crippen LogP contribution in [-0.4, -0.2) is 54.5 Å². The average Bonchev–Trinajstić information content (AvgIpc) is 4.32. The molecule has 0 saturated heterocycles. The number of hydrogen-bond donors (Lipinski definition) is 7. The molecule has 388 valence electrons. The van der Waals surface area contributed by atoms with Crippen LogP contribution in [0, 0.1) is 69.7 Å². The van der Waals surface area contributed by atoms with Crippen LogP contribution in [0.5, 0.6) is 17.2 Å². The number of aliphatic hydroxyl groups is 3. The van der Waals surface area contributed by atoms with Gasteiger partial charge in [0.1, 0.15) is 23.7 Å². The monoisotopic (exact) mass is 999 g/mol. The number of phenols is 1. The molecule has 0 unspecified atom stereocenters. The maximum absolute atomic E-state index is 13.8. The fourth-order valence-electron chi connectivity index (χ4n) is 18.5. The smallest absolute Gasteiger partial charge is 0.191 e. The van der Waals surface area contributed by atoms with Crippen molar-refractivity contribution in [3.63, 3.8) is 0 Å². The number of hydrogen-bond acceptors (Lipinski definition) is 9. The first kappa shape index (κ1) is 47.4. The Morgan fingerprint density at radius 3 is 2.47 bits per heavy atom. The fourth-order valence-corrected chi connectivity index (χ4v) is 18.5. The molecule has 2 aromatic carbocycles. The van der Waals surface area contributed by atoms with E-state index < -0.39 is 41.8 Å². The molecule has 11 nitrogen and oxygen atoms in total. The van der Waals surface area contributed by atoms with Gasteiger partial charge in [0.05, 0.1) is 35.2 Å². The molecular weight excluding hydrogens is 925 g/mol. The normalized spacial score (nSPS) is 33.8. The summed E-state index contributed by atoms with van der Waals surface area (Å²) in [6.45, 7) is 0.843. The van der Waals surface area contributed by atoms with Crippen molar-refractivity contribution in [3.05, 3.63) is 87.9 Å². The van der Waals surface area contributed by atoms with E-state index in [1.165, 1.54) is 92.9 Å². The van der Waals surface area contributed by atoms with Crippen molar-refractivity contribution in [2.24, 2.45) is 51.6 Å². The summed E-state index contributed by atoms with van der Waals surface area (Å²) in [6, 6.07) is 7.61. The second-order valence-corrected chi connectivity index (χ2v) is 25.0. The van der Waals surface area contributed by atoms with Gasteiger partial charge in [-0.1, -0.05) is 99.3 Å². The number of fused-ring (bicyclic) bond motifs is 12. The van der Waals surface area contributed by atoms with Crippen LogP contribution in [0.3, 0.4) is 0 Å². The number of aliphatic hydroxyl groups excluding tert-OH is 3. The van der Waals surface area contributed by atoms with E-state index >= 15 is 0 Å². The molecule has 5 heterocycles. The molecule has 12 atom stereocenters. The summed E-state index contributed by atoms with van der Waals surface area (Å²) in [4.78, 5) is 17.5. The zero-order chi connectivity index (χ0) is 50.1. The molecule has 14 rings (SSSR count). The summed E-state index contributed by atoms with van der Waals surface area (Å²) >= 11 is 0. The third kappa shape index (κ3) is 7.22. The largest absolute Gasteiger partial charge is 0.508 e. The second-order valence-electron chi connectivity index (χ2n) is 25.0. The molecule has 5 saturated carbocycles. The van der Waals surface area contributed by atoms with E-state index in [-0.39, 0.29) is 59.5 Å². The number of Topliss-reactive ketones (excluding diaryl/α,β-unsaturated/α-hetero) is 1. The van der Waals surface area contributed by atoms with Gasteiger partial charge < -0.3 is 45.2 Å². The molecule has 3 aliphatic heterocycles. The number of aryl methyl sites for hydroxylation is 1. The number of carbonyl (C=O) groups excluding carboxylic acids is 1. The Hall–Kier alpha value is -5.01. The number of nitrogens with zero attached hydrogens (tertiary/aromatic N) is 1. The van der Waals surface area contributed by atoms with Gasteiger partial charge in [-0.05, 0) is 139 Å². The lowest BCUT2D eigenvalue weighted by molar-refractivity contribution is -0.122. The minimum Gasteiger partial charge on any atom is -0.508 e. The van der Waals surface area contributed by atoms with E-state index in [1.54, 1.807) is 12.1 Å². The van der Waals surface area contributed by atoms with Gasteiger partial charge >= 0.3 is 0 Å². The van der Waals surface area contributed by atoms with Crippen LogP contribution in [-0.2, 0) is 11.2 Å². The number of rotatable bonds is 6. The molecule has 7 aliphatic carbocycles. The van der Waals surface area contributed by atoms with Crippen LogP contribution in [0.15, 0.2) is 54.5 Å². The molecule has 4 aromatic rings. The maximum Gasteiger partial charge on any atom is 0.191 e. The molecule has 74 heavy (non-hydrogen) atoms. The summed E-state index contributed by atoms with van der Waals surface area (Å²) in [7, 11) is 0. The Morgan fingerprint density at radius 2 is 1.65 bits per heavy atom. The molecular formula is C63H74N4O7. The Kier molecular flexibility index (Phi) is 11.6. The van der Waals surface area contributed by atoms with E-state index in [0.29, 0.717) is 35.5 Å². The third-order valence-electron chi connectivity index (χ3n) is 21.8. The molecule has 3 spiro atoms. The Balaban J connectivity index is 0.820. The lowest BCUT2D eigenvalue weighted by atomic mass is 9.43. The number of phenolic OH excluding ortho intramolecular Hbond substituents is 1. The zero-order valence-electron chi connectivity index (χ0n) is 42.8. The van der Waals surface area contributed by atoms with Crippen LogP contribution in [0.25, 0.3) is 10.9 Å². The number of allylic oxidation sites excluding steroid dienone is 1. The van der Waals surface area contributed by atoms with Gasteiger partial charge in [0, 0.05) is 67.2 Å². The summed E-state index contributed by atoms with van der Waals surface area (Å²) in [5, 5.41) is 52.2. The number of ether oxygens (including phenoxy) is 2. The standard InChI is InChI=1S/C63H74N4O7/c64-59-42-16-15-41-50(69)18-17-47-60(67-34-46-45(32-65-49(46)35-67)58-57(41)56(42)48(33-66-59)62(21-5-6-22-62)63(58)23-7-8-24-63)74-55-28-38(51(70)31-54(55)73-26-25-61(47)19-3-4-20-61)13-14-39(68)29-52(71)44-27-37-12-11-36-9-1-2-10-40(36)43(37)30-53(44)72/h15-16,27-28,31-32,34-36,40,43-44,47-48,50,52-53,58-60,65-66,69-72H,1-14,19-24,29-30,33,64H2/t36-,40+,43+,44+,47+,48-,50-,52+,53-,58+,59+,60+/m1/s1. The molecule has 8 N–H and O–H groups in total. The molecule has 2 bridgehead atoms. The van der Waals surface area contributed by atoms with Gasteiger partial charge in [-0.3, -0.25) is 10.1 Å². The lowest BCUT2D eigenvalue weighted by Gasteiger charge is -2.62. The predicted molar refractivity (Wildman–Crippen MR) is 282 cm³/mol. The van der Waals surface area contributed by atoms with Crippen molar-refractivity contribution in [1.82, 2.24) is 14.9 Å². The average molecular weight is 999 g/mol. The molecule has 11 heteroatoms. The van der Waals surface area contributed by atoms with E-state index in [1.807, 2.05) is 0 Å². The van der Waals surface area contributed by atoms with Gasteiger partial charge in [-0.25, -0.2) is 0 Å². The SMILES string of the molecule is N[C@H]1NC[C@@H]2c3c1ccc1c3[C@H](c3c[nH]c4cn(cc34)[C@H]3Oc4cc(CCC(=O)C[C@H](O)[C@@H]5C=C6CC[C@H]7CCCC[C@@H]7[C@H]6C[C@H]5O)c(O)cc4OC#CC4(CCCC4)[C@H]3C#C[C@H]1O)C1(CCCC1)C21CCCC1. The number of H-pyrrole nitrogens is 1. The Labute approximate surface area is 435 Å². The van der Waals surface area contributed by atoms with Crippen LogP contribution < -0.4 is 20.5 Å². The number of aromatic hydroxyl groups is 1. The molecule has 0 amide bonds. The number of aromatic nitrogens is 2.